The van der Waals surface area contributed by atoms with E-state index in [-0.39, 0.29) is 18.1 Å². The fraction of sp³-hybridized carbons (Fsp3) is 1.00. The van der Waals surface area contributed by atoms with Gasteiger partial charge in [0.05, 0.1) is 0 Å². The number of nitrogens with two attached hydrogens (primary N) is 1. The molecule has 16 heavy (non-hydrogen) atoms. The molecule has 0 aromatic heterocycles. The van der Waals surface area contributed by atoms with Crippen molar-refractivity contribution in [2.45, 2.75) is 65.8 Å². The molecule has 1 rings (SSSR count). The molecule has 0 aromatic rings. The zero-order valence-electron chi connectivity index (χ0n) is 11.4. The molecule has 1 aliphatic rings. The van der Waals surface area contributed by atoms with Gasteiger partial charge in [0.25, 0.3) is 0 Å². The largest absolute Gasteiger partial charge is 0.396 e. The first kappa shape index (κ1) is 14.0. The van der Waals surface area contributed by atoms with Gasteiger partial charge in [-0.05, 0) is 48.9 Å². The Morgan fingerprint density at radius 1 is 1.38 bits per heavy atom. The van der Waals surface area contributed by atoms with Crippen molar-refractivity contribution < 1.29 is 5.11 Å². The molecule has 96 valence electrons. The van der Waals surface area contributed by atoms with Crippen molar-refractivity contribution >= 4 is 0 Å². The molecule has 0 radical (unpaired) electrons. The van der Waals surface area contributed by atoms with Crippen LogP contribution < -0.4 is 5.73 Å². The Kier molecular flexibility index (Phi) is 4.42. The van der Waals surface area contributed by atoms with Crippen LogP contribution in [0.2, 0.25) is 0 Å². The van der Waals surface area contributed by atoms with Crippen LogP contribution in [-0.4, -0.2) is 17.8 Å². The smallest absolute Gasteiger partial charge is 0.0437 e. The average Bonchev–Trinajstić information content (AvgIpc) is 2.21. The highest BCUT2D eigenvalue weighted by Crippen LogP contribution is 2.52. The summed E-state index contributed by atoms with van der Waals surface area (Å²) in [6.45, 7) is 9.47. The highest BCUT2D eigenvalue weighted by molar-refractivity contribution is 4.98. The van der Waals surface area contributed by atoms with Gasteiger partial charge in [-0.25, -0.2) is 0 Å². The SMILES string of the molecule is CCC(N)C1(CCO)CCC(C)(C)CC1C. The second kappa shape index (κ2) is 5.05. The van der Waals surface area contributed by atoms with Crippen molar-refractivity contribution in [2.75, 3.05) is 6.61 Å². The summed E-state index contributed by atoms with van der Waals surface area (Å²) in [5.41, 5.74) is 6.97. The lowest BCUT2D eigenvalue weighted by Crippen LogP contribution is -2.50. The summed E-state index contributed by atoms with van der Waals surface area (Å²) in [6, 6.07) is 0.241. The first-order chi connectivity index (χ1) is 7.38. The standard InChI is InChI=1S/C14H29NO/c1-5-12(15)14(8-9-16)7-6-13(3,4)10-11(14)2/h11-12,16H,5-10,15H2,1-4H3. The van der Waals surface area contributed by atoms with Crippen LogP contribution in [0.4, 0.5) is 0 Å². The minimum Gasteiger partial charge on any atom is -0.396 e. The highest BCUT2D eigenvalue weighted by Gasteiger charge is 2.46. The van der Waals surface area contributed by atoms with Crippen LogP contribution in [0.3, 0.4) is 0 Å². The first-order valence-corrected chi connectivity index (χ1v) is 6.74. The molecule has 0 heterocycles. The van der Waals surface area contributed by atoms with Crippen LogP contribution in [0.1, 0.15) is 59.8 Å². The van der Waals surface area contributed by atoms with E-state index in [1.54, 1.807) is 0 Å². The summed E-state index contributed by atoms with van der Waals surface area (Å²) in [5, 5.41) is 9.32. The molecule has 1 fully saturated rings. The Hall–Kier alpha value is -0.0800. The van der Waals surface area contributed by atoms with Crippen molar-refractivity contribution in [3.05, 3.63) is 0 Å². The van der Waals surface area contributed by atoms with Crippen molar-refractivity contribution in [3.63, 3.8) is 0 Å². The number of aliphatic hydroxyl groups excluding tert-OH is 1. The van der Waals surface area contributed by atoms with Gasteiger partial charge in [0.1, 0.15) is 0 Å². The third-order valence-electron chi connectivity index (χ3n) is 4.86. The minimum atomic E-state index is 0.180. The molecule has 2 heteroatoms. The Balaban J connectivity index is 2.86. The van der Waals surface area contributed by atoms with Crippen LogP contribution in [0.25, 0.3) is 0 Å². The molecule has 2 nitrogen and oxygen atoms in total. The summed E-state index contributed by atoms with van der Waals surface area (Å²) in [5.74, 6) is 0.623. The van der Waals surface area contributed by atoms with E-state index in [2.05, 4.69) is 27.7 Å². The van der Waals surface area contributed by atoms with Gasteiger partial charge in [0, 0.05) is 12.6 Å². The van der Waals surface area contributed by atoms with E-state index < -0.39 is 0 Å². The molecule has 0 amide bonds. The number of aliphatic hydroxyl groups is 1. The molecule has 3 N–H and O–H groups in total. The van der Waals surface area contributed by atoms with Crippen LogP contribution in [0.15, 0.2) is 0 Å². The highest BCUT2D eigenvalue weighted by atomic mass is 16.3. The number of hydrogen-bond acceptors (Lipinski definition) is 2. The van der Waals surface area contributed by atoms with Gasteiger partial charge in [0.2, 0.25) is 0 Å². The van der Waals surface area contributed by atoms with Crippen molar-refractivity contribution in [2.24, 2.45) is 22.5 Å². The Morgan fingerprint density at radius 2 is 2.00 bits per heavy atom. The predicted octanol–water partition coefficient (Wildman–Crippen LogP) is 2.94. The predicted molar refractivity (Wildman–Crippen MR) is 69.2 cm³/mol. The minimum absolute atomic E-state index is 0.180. The summed E-state index contributed by atoms with van der Waals surface area (Å²) in [6.07, 6.45) is 5.55. The van der Waals surface area contributed by atoms with Gasteiger partial charge < -0.3 is 10.8 Å². The van der Waals surface area contributed by atoms with Gasteiger partial charge in [-0.1, -0.05) is 27.7 Å². The fourth-order valence-corrected chi connectivity index (χ4v) is 3.67. The normalized spacial score (nSPS) is 36.0. The van der Waals surface area contributed by atoms with Crippen LogP contribution in [0, 0.1) is 16.7 Å². The molecule has 1 saturated carbocycles. The lowest BCUT2D eigenvalue weighted by atomic mass is 9.55. The van der Waals surface area contributed by atoms with Crippen molar-refractivity contribution in [3.8, 4) is 0 Å². The average molecular weight is 227 g/mol. The lowest BCUT2D eigenvalue weighted by molar-refractivity contribution is -0.00593. The van der Waals surface area contributed by atoms with Gasteiger partial charge in [-0.15, -0.1) is 0 Å². The zero-order chi connectivity index (χ0) is 12.4. The maximum atomic E-state index is 9.32. The molecule has 0 aromatic carbocycles. The molecule has 1 aliphatic carbocycles. The fourth-order valence-electron chi connectivity index (χ4n) is 3.67. The Bertz CT molecular complexity index is 227. The molecule has 0 bridgehead atoms. The van der Waals surface area contributed by atoms with E-state index in [1.165, 1.54) is 19.3 Å². The summed E-state index contributed by atoms with van der Waals surface area (Å²) in [7, 11) is 0. The maximum absolute atomic E-state index is 9.32. The third kappa shape index (κ3) is 2.60. The molecule has 0 aliphatic heterocycles. The van der Waals surface area contributed by atoms with E-state index in [4.69, 9.17) is 5.73 Å². The Labute approximate surface area is 101 Å². The molecular formula is C14H29NO. The van der Waals surface area contributed by atoms with Crippen LogP contribution in [0.5, 0.6) is 0 Å². The Morgan fingerprint density at radius 3 is 2.44 bits per heavy atom. The summed E-state index contributed by atoms with van der Waals surface area (Å²) in [4.78, 5) is 0. The second-order valence-corrected chi connectivity index (χ2v) is 6.49. The monoisotopic (exact) mass is 227 g/mol. The van der Waals surface area contributed by atoms with Gasteiger partial charge in [-0.3, -0.25) is 0 Å². The first-order valence-electron chi connectivity index (χ1n) is 6.74. The lowest BCUT2D eigenvalue weighted by Gasteiger charge is -2.51. The van der Waals surface area contributed by atoms with E-state index in [0.717, 1.165) is 12.8 Å². The number of rotatable bonds is 4. The number of hydrogen-bond donors (Lipinski definition) is 2. The molecule has 3 atom stereocenters. The van der Waals surface area contributed by atoms with Crippen molar-refractivity contribution in [1.29, 1.82) is 0 Å². The molecule has 0 spiro atoms. The van der Waals surface area contributed by atoms with Gasteiger partial charge >= 0.3 is 0 Å². The van der Waals surface area contributed by atoms with Crippen molar-refractivity contribution in [1.82, 2.24) is 0 Å². The molecular weight excluding hydrogens is 198 g/mol. The van der Waals surface area contributed by atoms with E-state index >= 15 is 0 Å². The zero-order valence-corrected chi connectivity index (χ0v) is 11.4. The second-order valence-electron chi connectivity index (χ2n) is 6.49. The molecule has 0 saturated heterocycles. The third-order valence-corrected chi connectivity index (χ3v) is 4.86. The van der Waals surface area contributed by atoms with E-state index in [0.29, 0.717) is 11.3 Å². The molecule has 3 unspecified atom stereocenters. The van der Waals surface area contributed by atoms with E-state index in [1.807, 2.05) is 0 Å². The summed E-state index contributed by atoms with van der Waals surface area (Å²) >= 11 is 0. The van der Waals surface area contributed by atoms with Gasteiger partial charge in [0.15, 0.2) is 0 Å². The van der Waals surface area contributed by atoms with E-state index in [9.17, 15) is 5.11 Å². The van der Waals surface area contributed by atoms with Crippen LogP contribution >= 0.6 is 0 Å². The van der Waals surface area contributed by atoms with Gasteiger partial charge in [-0.2, -0.15) is 0 Å². The quantitative estimate of drug-likeness (QED) is 0.775. The topological polar surface area (TPSA) is 46.2 Å². The van der Waals surface area contributed by atoms with Crippen LogP contribution in [-0.2, 0) is 0 Å². The summed E-state index contributed by atoms with van der Waals surface area (Å²) < 4.78 is 0. The maximum Gasteiger partial charge on any atom is 0.0437 e.